The van der Waals surface area contributed by atoms with E-state index in [1.54, 1.807) is 0 Å². The van der Waals surface area contributed by atoms with Crippen molar-refractivity contribution in [3.05, 3.63) is 180 Å². The van der Waals surface area contributed by atoms with Crippen molar-refractivity contribution < 1.29 is 0 Å². The lowest BCUT2D eigenvalue weighted by molar-refractivity contribution is 0.660. The second-order valence-electron chi connectivity index (χ2n) is 16.1. The molecule has 53 heavy (non-hydrogen) atoms. The van der Waals surface area contributed by atoms with Gasteiger partial charge in [0.25, 0.3) is 0 Å². The van der Waals surface area contributed by atoms with E-state index in [0.29, 0.717) is 0 Å². The molecule has 0 N–H and O–H groups in total. The van der Waals surface area contributed by atoms with E-state index in [2.05, 4.69) is 187 Å². The smallest absolute Gasteiger partial charge is 0.0794 e. The highest BCUT2D eigenvalue weighted by atomic mass is 14.7. The molecule has 0 radical (unpaired) electrons. The summed E-state index contributed by atoms with van der Waals surface area (Å²) in [4.78, 5) is 5.58. The highest BCUT2D eigenvalue weighted by Gasteiger charge is 2.37. The lowest BCUT2D eigenvalue weighted by Crippen LogP contribution is -2.15. The third-order valence-corrected chi connectivity index (χ3v) is 12.3. The van der Waals surface area contributed by atoms with Gasteiger partial charge in [0.15, 0.2) is 0 Å². The second kappa shape index (κ2) is 11.2. The Hall–Kier alpha value is -6.05. The Morgan fingerprint density at radius 1 is 0.434 bits per heavy atom. The zero-order valence-electron chi connectivity index (χ0n) is 31.0. The minimum absolute atomic E-state index is 0.0938. The molecule has 2 aliphatic carbocycles. The number of benzene rings is 7. The molecular formula is C52H41N. The molecule has 0 atom stereocenters. The minimum Gasteiger partial charge on any atom is -0.247 e. The van der Waals surface area contributed by atoms with Crippen molar-refractivity contribution in [1.82, 2.24) is 4.98 Å². The second-order valence-corrected chi connectivity index (χ2v) is 16.1. The van der Waals surface area contributed by atoms with Gasteiger partial charge in [-0.05, 0) is 109 Å². The van der Waals surface area contributed by atoms with Crippen LogP contribution in [0.25, 0.3) is 83.0 Å². The van der Waals surface area contributed by atoms with Crippen LogP contribution >= 0.6 is 0 Å². The Morgan fingerprint density at radius 2 is 0.925 bits per heavy atom. The van der Waals surface area contributed by atoms with Gasteiger partial charge in [-0.2, -0.15) is 0 Å². The van der Waals surface area contributed by atoms with Gasteiger partial charge >= 0.3 is 0 Å². The van der Waals surface area contributed by atoms with Gasteiger partial charge in [-0.25, -0.2) is 4.98 Å². The molecule has 0 amide bonds. The molecule has 7 aromatic carbocycles. The Balaban J connectivity index is 1.25. The van der Waals surface area contributed by atoms with E-state index < -0.39 is 0 Å². The average Bonchev–Trinajstić information content (AvgIpc) is 3.56. The van der Waals surface area contributed by atoms with Crippen LogP contribution in [0.3, 0.4) is 0 Å². The summed E-state index contributed by atoms with van der Waals surface area (Å²) in [6.45, 7) is 15.7. The molecule has 0 aliphatic heterocycles. The zero-order chi connectivity index (χ0) is 36.2. The summed E-state index contributed by atoms with van der Waals surface area (Å²) < 4.78 is 0. The van der Waals surface area contributed by atoms with Gasteiger partial charge in [-0.15, -0.1) is 0 Å². The molecule has 0 saturated carbocycles. The maximum absolute atomic E-state index is 5.58. The first-order chi connectivity index (χ1) is 25.6. The third-order valence-electron chi connectivity index (χ3n) is 12.3. The van der Waals surface area contributed by atoms with Gasteiger partial charge in [0, 0.05) is 27.2 Å². The molecule has 1 heterocycles. The van der Waals surface area contributed by atoms with E-state index in [1.165, 1.54) is 72.1 Å². The van der Waals surface area contributed by atoms with Gasteiger partial charge in [0.2, 0.25) is 0 Å². The Morgan fingerprint density at radius 3 is 1.55 bits per heavy atom. The van der Waals surface area contributed by atoms with Crippen LogP contribution in [-0.2, 0) is 10.8 Å². The summed E-state index contributed by atoms with van der Waals surface area (Å²) in [5.41, 5.74) is 20.9. The number of allylic oxidation sites excluding steroid dienone is 1. The fourth-order valence-corrected chi connectivity index (χ4v) is 9.35. The summed E-state index contributed by atoms with van der Waals surface area (Å²) >= 11 is 0. The van der Waals surface area contributed by atoms with Crippen LogP contribution in [0.1, 0.15) is 62.4 Å². The molecular weight excluding hydrogens is 639 g/mol. The van der Waals surface area contributed by atoms with Crippen LogP contribution in [-0.4, -0.2) is 4.98 Å². The lowest BCUT2D eigenvalue weighted by Gasteiger charge is -2.23. The fourth-order valence-electron chi connectivity index (χ4n) is 9.35. The van der Waals surface area contributed by atoms with Crippen LogP contribution in [0, 0.1) is 0 Å². The molecule has 0 unspecified atom stereocenters. The van der Waals surface area contributed by atoms with Crippen LogP contribution in [0.4, 0.5) is 0 Å². The van der Waals surface area contributed by atoms with Crippen LogP contribution in [0.15, 0.2) is 152 Å². The van der Waals surface area contributed by atoms with E-state index in [9.17, 15) is 0 Å². The van der Waals surface area contributed by atoms with Crippen LogP contribution in [0.2, 0.25) is 0 Å². The molecule has 1 heteroatoms. The molecule has 1 nitrogen and oxygen atoms in total. The Kier molecular flexibility index (Phi) is 6.71. The van der Waals surface area contributed by atoms with Crippen molar-refractivity contribution in [3.8, 4) is 55.8 Å². The van der Waals surface area contributed by atoms with Gasteiger partial charge in [-0.3, -0.25) is 0 Å². The molecule has 0 bridgehead atoms. The normalized spacial score (nSPS) is 14.5. The molecule has 8 aromatic rings. The quantitative estimate of drug-likeness (QED) is 0.169. The topological polar surface area (TPSA) is 12.9 Å². The number of aromatic nitrogens is 1. The van der Waals surface area contributed by atoms with Crippen LogP contribution < -0.4 is 0 Å². The predicted octanol–water partition coefficient (Wildman–Crippen LogP) is 14.0. The van der Waals surface area contributed by atoms with E-state index in [0.717, 1.165) is 38.7 Å². The first kappa shape index (κ1) is 31.7. The molecule has 254 valence electrons. The highest BCUT2D eigenvalue weighted by Crippen LogP contribution is 2.52. The standard InChI is InChI=1S/C52H41N/c1-31(2)32-19-21-33(22-20-32)42-29-44-43(34-23-25-39-37-14-9-11-17-45(37)51(3,4)47(39)27-34)30-49(53-50(44)41-16-8-7-13-36(41)42)35-24-26-40-38-15-10-12-18-46(38)52(5,6)48(40)28-35/h7-30H,1H2,2-6H3. The van der Waals surface area contributed by atoms with Gasteiger partial charge in [0.05, 0.1) is 11.2 Å². The average molecular weight is 680 g/mol. The van der Waals surface area contributed by atoms with E-state index in [4.69, 9.17) is 4.98 Å². The monoisotopic (exact) mass is 679 g/mol. The minimum atomic E-state index is -0.100. The lowest BCUT2D eigenvalue weighted by atomic mass is 9.81. The summed E-state index contributed by atoms with van der Waals surface area (Å²) in [6.07, 6.45) is 0. The van der Waals surface area contributed by atoms with Gasteiger partial charge in [0.1, 0.15) is 0 Å². The highest BCUT2D eigenvalue weighted by molar-refractivity contribution is 6.16. The first-order valence-corrected chi connectivity index (χ1v) is 18.7. The van der Waals surface area contributed by atoms with Crippen molar-refractivity contribution in [2.45, 2.75) is 45.4 Å². The maximum Gasteiger partial charge on any atom is 0.0794 e. The summed E-state index contributed by atoms with van der Waals surface area (Å²) in [7, 11) is 0. The zero-order valence-corrected chi connectivity index (χ0v) is 31.0. The maximum atomic E-state index is 5.58. The van der Waals surface area contributed by atoms with Crippen molar-refractivity contribution in [3.63, 3.8) is 0 Å². The van der Waals surface area contributed by atoms with Crippen molar-refractivity contribution >= 4 is 27.2 Å². The largest absolute Gasteiger partial charge is 0.247 e. The first-order valence-electron chi connectivity index (χ1n) is 18.7. The molecule has 0 saturated heterocycles. The molecule has 2 aliphatic rings. The van der Waals surface area contributed by atoms with Crippen molar-refractivity contribution in [2.24, 2.45) is 0 Å². The van der Waals surface area contributed by atoms with Crippen molar-refractivity contribution in [1.29, 1.82) is 0 Å². The summed E-state index contributed by atoms with van der Waals surface area (Å²) in [5, 5.41) is 3.53. The number of hydrogen-bond acceptors (Lipinski definition) is 1. The molecule has 1 aromatic heterocycles. The van der Waals surface area contributed by atoms with Crippen LogP contribution in [0.5, 0.6) is 0 Å². The van der Waals surface area contributed by atoms with E-state index >= 15 is 0 Å². The number of nitrogens with zero attached hydrogens (tertiary/aromatic N) is 1. The fraction of sp³-hybridized carbons (Fsp3) is 0.135. The number of pyridine rings is 1. The summed E-state index contributed by atoms with van der Waals surface area (Å²) in [5.74, 6) is 0. The SMILES string of the molecule is C=C(C)c1ccc(-c2cc3c(-c4ccc5c(c4)C(C)(C)c4ccccc4-5)cc(-c4ccc5c(c4)C(C)(C)c4ccccc4-5)nc3c3ccccc23)cc1. The number of fused-ring (bicyclic) bond motifs is 9. The Bertz CT molecular complexity index is 2850. The molecule has 10 rings (SSSR count). The van der Waals surface area contributed by atoms with E-state index in [-0.39, 0.29) is 10.8 Å². The molecule has 0 spiro atoms. The van der Waals surface area contributed by atoms with Crippen molar-refractivity contribution in [2.75, 3.05) is 0 Å². The van der Waals surface area contributed by atoms with E-state index in [1.807, 2.05) is 0 Å². The van der Waals surface area contributed by atoms with Gasteiger partial charge in [-0.1, -0.05) is 161 Å². The molecule has 0 fully saturated rings. The Labute approximate surface area is 312 Å². The summed E-state index contributed by atoms with van der Waals surface area (Å²) in [6, 6.07) is 54.2. The number of rotatable bonds is 4. The predicted molar refractivity (Wildman–Crippen MR) is 225 cm³/mol. The third kappa shape index (κ3) is 4.60. The number of hydrogen-bond donors (Lipinski definition) is 0. The van der Waals surface area contributed by atoms with Gasteiger partial charge < -0.3 is 0 Å².